The van der Waals surface area contributed by atoms with Crippen molar-refractivity contribution in [2.24, 2.45) is 17.8 Å². The molecular weight excluding hydrogens is 267 g/mol. The van der Waals surface area contributed by atoms with Gasteiger partial charge in [0, 0.05) is 19.7 Å². The molecule has 0 radical (unpaired) electrons. The van der Waals surface area contributed by atoms with E-state index >= 15 is 0 Å². The summed E-state index contributed by atoms with van der Waals surface area (Å²) >= 11 is 0. The maximum atomic E-state index is 13.2. The van der Waals surface area contributed by atoms with Crippen molar-refractivity contribution >= 4 is 0 Å². The van der Waals surface area contributed by atoms with Gasteiger partial charge < -0.3 is 10.4 Å². The highest BCUT2D eigenvalue weighted by Crippen LogP contribution is 2.32. The minimum Gasteiger partial charge on any atom is -0.396 e. The lowest BCUT2D eigenvalue weighted by Gasteiger charge is -2.36. The summed E-state index contributed by atoms with van der Waals surface area (Å²) < 4.78 is 13.2. The van der Waals surface area contributed by atoms with Crippen LogP contribution < -0.4 is 5.32 Å². The van der Waals surface area contributed by atoms with E-state index in [4.69, 9.17) is 0 Å². The number of nitrogens with zero attached hydrogens (tertiary/aromatic N) is 1. The first-order valence-electron chi connectivity index (χ1n) is 8.04. The summed E-state index contributed by atoms with van der Waals surface area (Å²) in [5, 5.41) is 12.9. The van der Waals surface area contributed by atoms with Crippen LogP contribution in [0.5, 0.6) is 0 Å². The SMILES string of the molecule is OC[C@@H]1CNC[C@H]1C1CCN(Cc2cccc(F)c2)CC1. The second-order valence-corrected chi connectivity index (χ2v) is 6.51. The molecule has 0 amide bonds. The van der Waals surface area contributed by atoms with Gasteiger partial charge in [-0.25, -0.2) is 4.39 Å². The average molecular weight is 292 g/mol. The minimum absolute atomic E-state index is 0.148. The van der Waals surface area contributed by atoms with Gasteiger partial charge in [-0.3, -0.25) is 4.90 Å². The van der Waals surface area contributed by atoms with Crippen molar-refractivity contribution in [3.63, 3.8) is 0 Å². The Bertz CT molecular complexity index is 460. The first-order valence-corrected chi connectivity index (χ1v) is 8.04. The zero-order chi connectivity index (χ0) is 14.7. The number of benzene rings is 1. The molecule has 3 rings (SSSR count). The fraction of sp³-hybridized carbons (Fsp3) is 0.647. The summed E-state index contributed by atoms with van der Waals surface area (Å²) in [7, 11) is 0. The number of hydrogen-bond donors (Lipinski definition) is 2. The molecule has 0 unspecified atom stereocenters. The monoisotopic (exact) mass is 292 g/mol. The van der Waals surface area contributed by atoms with Gasteiger partial charge in [-0.15, -0.1) is 0 Å². The van der Waals surface area contributed by atoms with E-state index in [1.807, 2.05) is 6.07 Å². The van der Waals surface area contributed by atoms with Crippen LogP contribution >= 0.6 is 0 Å². The van der Waals surface area contributed by atoms with Crippen LogP contribution in [0.15, 0.2) is 24.3 Å². The van der Waals surface area contributed by atoms with Crippen LogP contribution in [-0.4, -0.2) is 42.8 Å². The van der Waals surface area contributed by atoms with Gasteiger partial charge >= 0.3 is 0 Å². The number of piperidine rings is 1. The maximum Gasteiger partial charge on any atom is 0.123 e. The van der Waals surface area contributed by atoms with E-state index in [1.165, 1.54) is 18.9 Å². The Morgan fingerprint density at radius 1 is 1.24 bits per heavy atom. The predicted octanol–water partition coefficient (Wildman–Crippen LogP) is 1.87. The third-order valence-electron chi connectivity index (χ3n) is 5.16. The number of aliphatic hydroxyl groups is 1. The molecule has 1 aromatic carbocycles. The van der Waals surface area contributed by atoms with Crippen LogP contribution in [0.4, 0.5) is 4.39 Å². The van der Waals surface area contributed by atoms with Crippen LogP contribution in [0.3, 0.4) is 0 Å². The average Bonchev–Trinajstić information content (AvgIpc) is 2.96. The molecule has 0 aromatic heterocycles. The van der Waals surface area contributed by atoms with Gasteiger partial charge in [0.25, 0.3) is 0 Å². The lowest BCUT2D eigenvalue weighted by molar-refractivity contribution is 0.108. The zero-order valence-electron chi connectivity index (χ0n) is 12.5. The quantitative estimate of drug-likeness (QED) is 0.889. The summed E-state index contributed by atoms with van der Waals surface area (Å²) in [6, 6.07) is 6.91. The molecule has 3 nitrogen and oxygen atoms in total. The van der Waals surface area contributed by atoms with E-state index < -0.39 is 0 Å². The maximum absolute atomic E-state index is 13.2. The van der Waals surface area contributed by atoms with E-state index in [9.17, 15) is 9.50 Å². The van der Waals surface area contributed by atoms with Crippen LogP contribution in [0.2, 0.25) is 0 Å². The normalized spacial score (nSPS) is 28.1. The van der Waals surface area contributed by atoms with Crippen molar-refractivity contribution in [1.82, 2.24) is 10.2 Å². The Hall–Kier alpha value is -0.970. The molecule has 21 heavy (non-hydrogen) atoms. The van der Waals surface area contributed by atoms with Crippen molar-refractivity contribution in [3.05, 3.63) is 35.6 Å². The van der Waals surface area contributed by atoms with Crippen molar-refractivity contribution in [2.75, 3.05) is 32.8 Å². The molecule has 0 saturated carbocycles. The Balaban J connectivity index is 1.51. The molecule has 1 aromatic rings. The number of likely N-dealkylation sites (tertiary alicyclic amines) is 1. The van der Waals surface area contributed by atoms with Gasteiger partial charge in [-0.1, -0.05) is 12.1 Å². The number of aliphatic hydroxyl groups excluding tert-OH is 1. The Labute approximate surface area is 126 Å². The first kappa shape index (κ1) is 14.9. The predicted molar refractivity (Wildman–Crippen MR) is 81.3 cm³/mol. The fourth-order valence-electron chi connectivity index (χ4n) is 3.94. The van der Waals surface area contributed by atoms with Crippen LogP contribution in [-0.2, 0) is 6.54 Å². The number of nitrogens with one attached hydrogen (secondary N) is 1. The minimum atomic E-state index is -0.148. The number of halogens is 1. The summed E-state index contributed by atoms with van der Waals surface area (Å²) in [6.07, 6.45) is 2.39. The van der Waals surface area contributed by atoms with Gasteiger partial charge in [0.15, 0.2) is 0 Å². The molecule has 0 aliphatic carbocycles. The third-order valence-corrected chi connectivity index (χ3v) is 5.16. The van der Waals surface area contributed by atoms with Crippen LogP contribution in [0, 0.1) is 23.6 Å². The summed E-state index contributed by atoms with van der Waals surface area (Å²) in [5.41, 5.74) is 1.06. The van der Waals surface area contributed by atoms with Gasteiger partial charge in [0.05, 0.1) is 0 Å². The van der Waals surface area contributed by atoms with E-state index in [1.54, 1.807) is 12.1 Å². The molecule has 2 aliphatic rings. The molecular formula is C17H25FN2O. The molecule has 4 heteroatoms. The summed E-state index contributed by atoms with van der Waals surface area (Å²) in [6.45, 7) is 5.33. The van der Waals surface area contributed by atoms with Gasteiger partial charge in [0.1, 0.15) is 5.82 Å². The fourth-order valence-corrected chi connectivity index (χ4v) is 3.94. The standard InChI is InChI=1S/C17H25FN2O/c18-16-3-1-2-13(8-16)11-20-6-4-14(5-7-20)17-10-19-9-15(17)12-21/h1-3,8,14-15,17,19,21H,4-7,9-12H2/t15-,17-/m0/s1. The molecule has 116 valence electrons. The van der Waals surface area contributed by atoms with Crippen LogP contribution in [0.25, 0.3) is 0 Å². The van der Waals surface area contributed by atoms with Gasteiger partial charge in [-0.05, 0) is 67.9 Å². The molecule has 2 aliphatic heterocycles. The Kier molecular flexibility index (Phi) is 4.88. The van der Waals surface area contributed by atoms with E-state index in [0.717, 1.165) is 44.2 Å². The smallest absolute Gasteiger partial charge is 0.123 e. The molecule has 2 heterocycles. The van der Waals surface area contributed by atoms with Crippen LogP contribution in [0.1, 0.15) is 18.4 Å². The molecule has 0 bridgehead atoms. The van der Waals surface area contributed by atoms with E-state index in [2.05, 4.69) is 10.2 Å². The highest BCUT2D eigenvalue weighted by Gasteiger charge is 2.34. The second kappa shape index (κ2) is 6.86. The molecule has 2 atom stereocenters. The molecule has 0 spiro atoms. The molecule has 2 N–H and O–H groups in total. The first-order chi connectivity index (χ1) is 10.3. The lowest BCUT2D eigenvalue weighted by Crippen LogP contribution is -2.38. The van der Waals surface area contributed by atoms with E-state index in [0.29, 0.717) is 18.4 Å². The number of rotatable bonds is 4. The van der Waals surface area contributed by atoms with Gasteiger partial charge in [-0.2, -0.15) is 0 Å². The van der Waals surface area contributed by atoms with Crippen molar-refractivity contribution in [1.29, 1.82) is 0 Å². The Morgan fingerprint density at radius 2 is 2.05 bits per heavy atom. The van der Waals surface area contributed by atoms with Crippen molar-refractivity contribution < 1.29 is 9.50 Å². The van der Waals surface area contributed by atoms with Crippen molar-refractivity contribution in [2.45, 2.75) is 19.4 Å². The topological polar surface area (TPSA) is 35.5 Å². The third kappa shape index (κ3) is 3.62. The molecule has 2 fully saturated rings. The summed E-state index contributed by atoms with van der Waals surface area (Å²) in [5.74, 6) is 1.64. The highest BCUT2D eigenvalue weighted by molar-refractivity contribution is 5.16. The Morgan fingerprint density at radius 3 is 2.76 bits per heavy atom. The van der Waals surface area contributed by atoms with Crippen molar-refractivity contribution in [3.8, 4) is 0 Å². The lowest BCUT2D eigenvalue weighted by atomic mass is 9.79. The number of hydrogen-bond acceptors (Lipinski definition) is 3. The summed E-state index contributed by atoms with van der Waals surface area (Å²) in [4.78, 5) is 2.42. The largest absolute Gasteiger partial charge is 0.396 e. The molecule has 2 saturated heterocycles. The highest BCUT2D eigenvalue weighted by atomic mass is 19.1. The zero-order valence-corrected chi connectivity index (χ0v) is 12.5. The van der Waals surface area contributed by atoms with Gasteiger partial charge in [0.2, 0.25) is 0 Å². The van der Waals surface area contributed by atoms with E-state index in [-0.39, 0.29) is 5.82 Å². The second-order valence-electron chi connectivity index (χ2n) is 6.51.